The summed E-state index contributed by atoms with van der Waals surface area (Å²) >= 11 is 0. The lowest BCUT2D eigenvalue weighted by Gasteiger charge is -2.06. The number of ether oxygens (including phenoxy) is 1. The summed E-state index contributed by atoms with van der Waals surface area (Å²) in [5, 5.41) is 3.00. The molecule has 3 nitrogen and oxygen atoms in total. The summed E-state index contributed by atoms with van der Waals surface area (Å²) in [5.41, 5.74) is 0.694. The molecule has 3 heteroatoms. The average Bonchev–Trinajstić information content (AvgIpc) is 3.13. The zero-order valence-electron chi connectivity index (χ0n) is 9.82. The van der Waals surface area contributed by atoms with Crippen LogP contribution in [0.4, 0.5) is 0 Å². The summed E-state index contributed by atoms with van der Waals surface area (Å²) in [4.78, 5) is 11.8. The van der Waals surface area contributed by atoms with Gasteiger partial charge in [0.25, 0.3) is 0 Å². The normalized spacial score (nSPS) is 14.4. The molecule has 17 heavy (non-hydrogen) atoms. The summed E-state index contributed by atoms with van der Waals surface area (Å²) in [5.74, 6) is 0.871. The third kappa shape index (κ3) is 3.71. The molecule has 1 aromatic carbocycles. The van der Waals surface area contributed by atoms with Crippen molar-refractivity contribution in [2.24, 2.45) is 0 Å². The van der Waals surface area contributed by atoms with Crippen molar-refractivity contribution in [2.45, 2.75) is 18.9 Å². The van der Waals surface area contributed by atoms with Crippen molar-refractivity contribution >= 4 is 5.78 Å². The van der Waals surface area contributed by atoms with Gasteiger partial charge in [-0.25, -0.2) is 0 Å². The Bertz CT molecular complexity index is 410. The maximum Gasteiger partial charge on any atom is 0.176 e. The molecule has 0 aromatic heterocycles. The van der Waals surface area contributed by atoms with Gasteiger partial charge < -0.3 is 10.1 Å². The summed E-state index contributed by atoms with van der Waals surface area (Å²) in [6, 6.07) is 7.39. The maximum absolute atomic E-state index is 11.8. The largest absolute Gasteiger partial charge is 0.490 e. The van der Waals surface area contributed by atoms with Crippen molar-refractivity contribution in [1.29, 1.82) is 0 Å². The predicted octanol–water partition coefficient (Wildman–Crippen LogP) is 2.19. The summed E-state index contributed by atoms with van der Waals surface area (Å²) in [6.45, 7) is 4.57. The molecule has 0 spiro atoms. The van der Waals surface area contributed by atoms with Crippen molar-refractivity contribution in [3.8, 4) is 5.75 Å². The van der Waals surface area contributed by atoms with Crippen LogP contribution in [0.2, 0.25) is 0 Å². The average molecular weight is 231 g/mol. The third-order valence-corrected chi connectivity index (χ3v) is 2.56. The molecule has 0 saturated heterocycles. The lowest BCUT2D eigenvalue weighted by atomic mass is 10.1. The smallest absolute Gasteiger partial charge is 0.176 e. The van der Waals surface area contributed by atoms with Crippen LogP contribution in [-0.4, -0.2) is 25.0 Å². The summed E-state index contributed by atoms with van der Waals surface area (Å²) in [7, 11) is 0. The number of ketones is 1. The Kier molecular flexibility index (Phi) is 3.94. The van der Waals surface area contributed by atoms with Gasteiger partial charge in [-0.1, -0.05) is 18.2 Å². The molecule has 2 rings (SSSR count). The number of nitrogens with one attached hydrogen (secondary N) is 1. The standard InChI is InChI=1S/C14H17NO2/c1-2-8-15-10-14(16)11-4-3-5-13(9-11)17-12-6-7-12/h2-5,9,12,15H,1,6-8,10H2. The van der Waals surface area contributed by atoms with E-state index in [0.29, 0.717) is 24.8 Å². The zero-order valence-corrected chi connectivity index (χ0v) is 9.82. The molecule has 1 aromatic rings. The first-order valence-corrected chi connectivity index (χ1v) is 5.91. The molecule has 0 aliphatic heterocycles. The van der Waals surface area contributed by atoms with E-state index in [-0.39, 0.29) is 5.78 Å². The second kappa shape index (κ2) is 5.64. The Morgan fingerprint density at radius 2 is 2.35 bits per heavy atom. The van der Waals surface area contributed by atoms with Gasteiger partial charge in [0.1, 0.15) is 5.75 Å². The van der Waals surface area contributed by atoms with Crippen LogP contribution >= 0.6 is 0 Å². The molecular weight excluding hydrogens is 214 g/mol. The minimum Gasteiger partial charge on any atom is -0.490 e. The molecule has 0 heterocycles. The molecule has 90 valence electrons. The molecule has 1 N–H and O–H groups in total. The van der Waals surface area contributed by atoms with E-state index < -0.39 is 0 Å². The Morgan fingerprint density at radius 3 is 3.06 bits per heavy atom. The highest BCUT2D eigenvalue weighted by molar-refractivity contribution is 5.97. The number of hydrogen-bond donors (Lipinski definition) is 1. The number of carbonyl (C=O) groups excluding carboxylic acids is 1. The molecule has 0 amide bonds. The van der Waals surface area contributed by atoms with Gasteiger partial charge in [-0.2, -0.15) is 0 Å². The quantitative estimate of drug-likeness (QED) is 0.444. The van der Waals surface area contributed by atoms with Crippen LogP contribution in [0.3, 0.4) is 0 Å². The zero-order chi connectivity index (χ0) is 12.1. The molecular formula is C14H17NO2. The fourth-order valence-corrected chi connectivity index (χ4v) is 1.51. The Balaban J connectivity index is 1.93. The fraction of sp³-hybridized carbons (Fsp3) is 0.357. The predicted molar refractivity (Wildman–Crippen MR) is 67.5 cm³/mol. The fourth-order valence-electron chi connectivity index (χ4n) is 1.51. The molecule has 1 saturated carbocycles. The first kappa shape index (κ1) is 11.9. The number of hydrogen-bond acceptors (Lipinski definition) is 3. The van der Waals surface area contributed by atoms with E-state index in [2.05, 4.69) is 11.9 Å². The first-order valence-electron chi connectivity index (χ1n) is 5.91. The van der Waals surface area contributed by atoms with Crippen LogP contribution in [0.15, 0.2) is 36.9 Å². The van der Waals surface area contributed by atoms with Crippen LogP contribution in [0, 0.1) is 0 Å². The molecule has 1 aliphatic rings. The number of rotatable bonds is 7. The monoisotopic (exact) mass is 231 g/mol. The number of Topliss-reactive ketones (excluding diaryl/α,β-unsaturated/α-hetero) is 1. The topological polar surface area (TPSA) is 38.3 Å². The van der Waals surface area contributed by atoms with E-state index in [1.807, 2.05) is 24.3 Å². The van der Waals surface area contributed by atoms with Gasteiger partial charge in [-0.3, -0.25) is 4.79 Å². The molecule has 1 fully saturated rings. The van der Waals surface area contributed by atoms with Crippen molar-refractivity contribution in [3.63, 3.8) is 0 Å². The highest BCUT2D eigenvalue weighted by atomic mass is 16.5. The van der Waals surface area contributed by atoms with Crippen molar-refractivity contribution in [1.82, 2.24) is 5.32 Å². The van der Waals surface area contributed by atoms with E-state index in [1.54, 1.807) is 6.08 Å². The lowest BCUT2D eigenvalue weighted by Crippen LogP contribution is -2.22. The van der Waals surface area contributed by atoms with E-state index in [4.69, 9.17) is 4.74 Å². The number of carbonyl (C=O) groups is 1. The van der Waals surface area contributed by atoms with Gasteiger partial charge >= 0.3 is 0 Å². The first-order chi connectivity index (χ1) is 8.29. The molecule has 0 unspecified atom stereocenters. The van der Waals surface area contributed by atoms with Crippen LogP contribution in [-0.2, 0) is 0 Å². The van der Waals surface area contributed by atoms with E-state index in [9.17, 15) is 4.79 Å². The highest BCUT2D eigenvalue weighted by Gasteiger charge is 2.23. The van der Waals surface area contributed by atoms with Crippen LogP contribution in [0.5, 0.6) is 5.75 Å². The minimum absolute atomic E-state index is 0.0769. The molecule has 0 atom stereocenters. The number of benzene rings is 1. The van der Waals surface area contributed by atoms with Crippen LogP contribution in [0.25, 0.3) is 0 Å². The lowest BCUT2D eigenvalue weighted by molar-refractivity contribution is 0.0992. The van der Waals surface area contributed by atoms with E-state index >= 15 is 0 Å². The molecule has 0 radical (unpaired) electrons. The third-order valence-electron chi connectivity index (χ3n) is 2.56. The molecule has 1 aliphatic carbocycles. The van der Waals surface area contributed by atoms with Gasteiger partial charge in [-0.15, -0.1) is 6.58 Å². The van der Waals surface area contributed by atoms with E-state index in [1.165, 1.54) is 0 Å². The van der Waals surface area contributed by atoms with Gasteiger partial charge in [0.2, 0.25) is 0 Å². The van der Waals surface area contributed by atoms with Crippen LogP contribution in [0.1, 0.15) is 23.2 Å². The Hall–Kier alpha value is -1.61. The second-order valence-corrected chi connectivity index (χ2v) is 4.19. The summed E-state index contributed by atoms with van der Waals surface area (Å²) < 4.78 is 5.65. The minimum atomic E-state index is 0.0769. The van der Waals surface area contributed by atoms with Gasteiger partial charge in [-0.05, 0) is 25.0 Å². The van der Waals surface area contributed by atoms with Crippen molar-refractivity contribution in [3.05, 3.63) is 42.5 Å². The second-order valence-electron chi connectivity index (χ2n) is 4.19. The van der Waals surface area contributed by atoms with Crippen molar-refractivity contribution < 1.29 is 9.53 Å². The van der Waals surface area contributed by atoms with Gasteiger partial charge in [0.15, 0.2) is 5.78 Å². The van der Waals surface area contributed by atoms with Crippen LogP contribution < -0.4 is 10.1 Å². The van der Waals surface area contributed by atoms with Crippen molar-refractivity contribution in [2.75, 3.05) is 13.1 Å². The Labute approximate surface area is 101 Å². The van der Waals surface area contributed by atoms with E-state index in [0.717, 1.165) is 18.6 Å². The van der Waals surface area contributed by atoms with Gasteiger partial charge in [0.05, 0.1) is 12.6 Å². The highest BCUT2D eigenvalue weighted by Crippen LogP contribution is 2.27. The maximum atomic E-state index is 11.8. The molecule has 0 bridgehead atoms. The SMILES string of the molecule is C=CCNCC(=O)c1cccc(OC2CC2)c1. The van der Waals surface area contributed by atoms with Gasteiger partial charge in [0, 0.05) is 12.1 Å². The summed E-state index contributed by atoms with van der Waals surface area (Å²) in [6.07, 6.45) is 4.34. The Morgan fingerprint density at radius 1 is 1.53 bits per heavy atom.